The molecule has 4 atom stereocenters. The second-order valence-corrected chi connectivity index (χ2v) is 2.76. The predicted molar refractivity (Wildman–Crippen MR) is 39.8 cm³/mol. The molecule has 1 rings (SSSR count). The monoisotopic (exact) mass is 192 g/mol. The Balaban J connectivity index is 2.74. The van der Waals surface area contributed by atoms with E-state index in [4.69, 9.17) is 10.2 Å². The van der Waals surface area contributed by atoms with Crippen LogP contribution in [0.25, 0.3) is 0 Å². The van der Waals surface area contributed by atoms with Crippen LogP contribution in [0.2, 0.25) is 0 Å². The highest BCUT2D eigenvalue weighted by Gasteiger charge is 2.43. The zero-order valence-electron chi connectivity index (χ0n) is 7.08. The first kappa shape index (κ1) is 10.6. The number of rotatable bonds is 2. The first-order valence-corrected chi connectivity index (χ1v) is 3.80. The maximum atomic E-state index is 11.1. The van der Waals surface area contributed by atoms with Gasteiger partial charge < -0.3 is 24.8 Å². The highest BCUT2D eigenvalue weighted by molar-refractivity contribution is 5.87. The number of carbonyl (C=O) groups is 1. The van der Waals surface area contributed by atoms with Crippen LogP contribution >= 0.6 is 0 Å². The Morgan fingerprint density at radius 3 is 2.62 bits per heavy atom. The Bertz CT molecular complexity index is 193. The number of carbonyl (C=O) groups excluding carboxylic acids is 1. The second-order valence-electron chi connectivity index (χ2n) is 2.76. The molecule has 1 aliphatic heterocycles. The number of ether oxygens (including phenoxy) is 2. The van der Waals surface area contributed by atoms with Gasteiger partial charge in [-0.3, -0.25) is 4.79 Å². The maximum absolute atomic E-state index is 11.1. The highest BCUT2D eigenvalue weighted by atomic mass is 16.6. The minimum Gasteiger partial charge on any atom is -0.394 e. The summed E-state index contributed by atoms with van der Waals surface area (Å²) < 4.78 is 9.29. The Morgan fingerprint density at radius 2 is 2.15 bits per heavy atom. The molecule has 4 unspecified atom stereocenters. The Morgan fingerprint density at radius 1 is 1.54 bits per heavy atom. The van der Waals surface area contributed by atoms with Crippen molar-refractivity contribution >= 4 is 5.78 Å². The summed E-state index contributed by atoms with van der Waals surface area (Å²) in [7, 11) is 1.23. The molecule has 0 radical (unpaired) electrons. The van der Waals surface area contributed by atoms with Crippen LogP contribution in [0, 0.1) is 0 Å². The minimum absolute atomic E-state index is 0.481. The summed E-state index contributed by atoms with van der Waals surface area (Å²) in [6.45, 7) is -0.481. The van der Waals surface area contributed by atoms with Crippen LogP contribution < -0.4 is 0 Å². The lowest BCUT2D eigenvalue weighted by atomic mass is 10.0. The first-order chi connectivity index (χ1) is 6.11. The largest absolute Gasteiger partial charge is 0.394 e. The van der Waals surface area contributed by atoms with E-state index in [9.17, 15) is 9.90 Å². The fraction of sp³-hybridized carbons (Fsp3) is 0.857. The van der Waals surface area contributed by atoms with Crippen molar-refractivity contribution in [2.75, 3.05) is 13.7 Å². The molecule has 0 aromatic rings. The molecule has 1 fully saturated rings. The Kier molecular flexibility index (Phi) is 3.34. The Hall–Kier alpha value is -0.530. The third-order valence-corrected chi connectivity index (χ3v) is 1.95. The molecule has 6 heteroatoms. The quantitative estimate of drug-likeness (QED) is 0.453. The van der Waals surface area contributed by atoms with Crippen molar-refractivity contribution in [3.63, 3.8) is 0 Å². The molecule has 0 saturated carbocycles. The lowest BCUT2D eigenvalue weighted by Crippen LogP contribution is -2.56. The molecule has 3 N–H and O–H groups in total. The van der Waals surface area contributed by atoms with Gasteiger partial charge in [-0.15, -0.1) is 0 Å². The van der Waals surface area contributed by atoms with Gasteiger partial charge in [-0.1, -0.05) is 0 Å². The van der Waals surface area contributed by atoms with Crippen LogP contribution in [-0.2, 0) is 14.3 Å². The van der Waals surface area contributed by atoms with Crippen molar-refractivity contribution in [1.82, 2.24) is 0 Å². The second kappa shape index (κ2) is 4.12. The molecular formula is C7H12O6. The van der Waals surface area contributed by atoms with Crippen LogP contribution in [-0.4, -0.2) is 59.4 Å². The van der Waals surface area contributed by atoms with Crippen molar-refractivity contribution in [1.29, 1.82) is 0 Å². The van der Waals surface area contributed by atoms with Gasteiger partial charge in [0.1, 0.15) is 18.3 Å². The molecule has 1 aliphatic rings. The van der Waals surface area contributed by atoms with Gasteiger partial charge in [0.15, 0.2) is 0 Å². The molecule has 1 saturated heterocycles. The number of hydrogen-bond acceptors (Lipinski definition) is 6. The summed E-state index contributed by atoms with van der Waals surface area (Å²) in [4.78, 5) is 11.1. The average molecular weight is 192 g/mol. The fourth-order valence-corrected chi connectivity index (χ4v) is 1.22. The van der Waals surface area contributed by atoms with Gasteiger partial charge in [0.05, 0.1) is 6.61 Å². The maximum Gasteiger partial charge on any atom is 0.219 e. The van der Waals surface area contributed by atoms with E-state index in [2.05, 4.69) is 9.47 Å². The molecule has 0 aliphatic carbocycles. The van der Waals surface area contributed by atoms with Gasteiger partial charge in [-0.25, -0.2) is 0 Å². The first-order valence-electron chi connectivity index (χ1n) is 3.80. The molecule has 1 heterocycles. The topological polar surface area (TPSA) is 96.2 Å². The van der Waals surface area contributed by atoms with Crippen molar-refractivity contribution in [2.45, 2.75) is 24.6 Å². The number of ketones is 1. The van der Waals surface area contributed by atoms with Gasteiger partial charge in [-0.2, -0.15) is 0 Å². The Labute approximate surface area is 74.7 Å². The van der Waals surface area contributed by atoms with Crippen LogP contribution in [0.3, 0.4) is 0 Å². The number of methoxy groups -OCH3 is 1. The zero-order chi connectivity index (χ0) is 10.0. The van der Waals surface area contributed by atoms with Crippen LogP contribution in [0.4, 0.5) is 0 Å². The summed E-state index contributed by atoms with van der Waals surface area (Å²) in [6, 6.07) is 0. The van der Waals surface area contributed by atoms with Gasteiger partial charge >= 0.3 is 0 Å². The lowest BCUT2D eigenvalue weighted by Gasteiger charge is -2.34. The number of aliphatic hydroxyl groups is 3. The standard InChI is InChI=1S/C7H12O6/c1-12-6-4(9)3(2-8)13-7(11)5(6)10/h3-4,6-9,11H,2H2,1H3. The van der Waals surface area contributed by atoms with E-state index in [1.165, 1.54) is 7.11 Å². The minimum atomic E-state index is -1.63. The van der Waals surface area contributed by atoms with E-state index in [0.29, 0.717) is 0 Å². The highest BCUT2D eigenvalue weighted by Crippen LogP contribution is 2.17. The third-order valence-electron chi connectivity index (χ3n) is 1.95. The van der Waals surface area contributed by atoms with E-state index in [-0.39, 0.29) is 0 Å². The summed E-state index contributed by atoms with van der Waals surface area (Å²) in [5.74, 6) is -0.736. The normalized spacial score (nSPS) is 40.8. The summed E-state index contributed by atoms with van der Waals surface area (Å²) in [5.41, 5.74) is 0. The van der Waals surface area contributed by atoms with Crippen molar-refractivity contribution in [2.24, 2.45) is 0 Å². The molecule has 0 amide bonds. The summed E-state index contributed by atoms with van der Waals surface area (Å²) in [5, 5.41) is 27.1. The van der Waals surface area contributed by atoms with Crippen molar-refractivity contribution in [3.05, 3.63) is 0 Å². The summed E-state index contributed by atoms with van der Waals surface area (Å²) in [6.07, 6.45) is -5.00. The van der Waals surface area contributed by atoms with Gasteiger partial charge in [0.2, 0.25) is 12.1 Å². The average Bonchev–Trinajstić information content (AvgIpc) is 2.12. The van der Waals surface area contributed by atoms with Crippen LogP contribution in [0.15, 0.2) is 0 Å². The van der Waals surface area contributed by atoms with Crippen molar-refractivity contribution in [3.8, 4) is 0 Å². The lowest BCUT2D eigenvalue weighted by molar-refractivity contribution is -0.229. The molecule has 76 valence electrons. The predicted octanol–water partition coefficient (Wildman–Crippen LogP) is -2.36. The summed E-state index contributed by atoms with van der Waals surface area (Å²) >= 11 is 0. The van der Waals surface area contributed by atoms with E-state index in [1.807, 2.05) is 0 Å². The van der Waals surface area contributed by atoms with Gasteiger partial charge in [-0.05, 0) is 0 Å². The van der Waals surface area contributed by atoms with E-state index in [1.54, 1.807) is 0 Å². The molecule has 0 bridgehead atoms. The SMILES string of the molecule is COC1C(=O)C(O)OC(CO)C1O. The molecule has 13 heavy (non-hydrogen) atoms. The van der Waals surface area contributed by atoms with E-state index >= 15 is 0 Å². The molecule has 0 spiro atoms. The van der Waals surface area contributed by atoms with Crippen LogP contribution in [0.5, 0.6) is 0 Å². The zero-order valence-corrected chi connectivity index (χ0v) is 7.08. The number of aliphatic hydroxyl groups excluding tert-OH is 3. The van der Waals surface area contributed by atoms with E-state index in [0.717, 1.165) is 0 Å². The number of Topliss-reactive ketones (excluding diaryl/α,β-unsaturated/α-hetero) is 1. The van der Waals surface area contributed by atoms with E-state index < -0.39 is 37.0 Å². The molecule has 0 aromatic carbocycles. The van der Waals surface area contributed by atoms with Gasteiger partial charge in [0, 0.05) is 7.11 Å². The molecular weight excluding hydrogens is 180 g/mol. The van der Waals surface area contributed by atoms with Gasteiger partial charge in [0.25, 0.3) is 0 Å². The third kappa shape index (κ3) is 1.87. The molecule has 0 aromatic heterocycles. The smallest absolute Gasteiger partial charge is 0.219 e. The van der Waals surface area contributed by atoms with Crippen LogP contribution in [0.1, 0.15) is 0 Å². The fourth-order valence-electron chi connectivity index (χ4n) is 1.22. The molecule has 6 nitrogen and oxygen atoms in total. The van der Waals surface area contributed by atoms with Crippen molar-refractivity contribution < 1.29 is 29.6 Å². The number of hydrogen-bond donors (Lipinski definition) is 3.